The van der Waals surface area contributed by atoms with Crippen molar-refractivity contribution in [2.75, 3.05) is 25.3 Å². The normalized spacial score (nSPS) is 22.9. The maximum atomic E-state index is 11.6. The van der Waals surface area contributed by atoms with Crippen molar-refractivity contribution < 1.29 is 17.9 Å². The highest BCUT2D eigenvalue weighted by atomic mass is 35.5. The molecule has 0 radical (unpaired) electrons. The van der Waals surface area contributed by atoms with Crippen LogP contribution in [-0.4, -0.2) is 44.4 Å². The summed E-state index contributed by atoms with van der Waals surface area (Å²) in [6, 6.07) is 13.8. The fourth-order valence-electron chi connectivity index (χ4n) is 5.81. The lowest BCUT2D eigenvalue weighted by Crippen LogP contribution is -2.37. The monoisotopic (exact) mass is 547 g/mol. The summed E-state index contributed by atoms with van der Waals surface area (Å²) in [5.74, 6) is 1.82. The van der Waals surface area contributed by atoms with E-state index in [0.717, 1.165) is 47.3 Å². The van der Waals surface area contributed by atoms with Crippen LogP contribution in [0.1, 0.15) is 30.5 Å². The van der Waals surface area contributed by atoms with Crippen LogP contribution in [0.4, 0.5) is 0 Å². The minimum atomic E-state index is -3.20. The van der Waals surface area contributed by atoms with E-state index in [0.29, 0.717) is 34.7 Å². The third kappa shape index (κ3) is 4.78. The molecule has 1 atom stereocenters. The van der Waals surface area contributed by atoms with Crippen LogP contribution >= 0.6 is 23.2 Å². The number of benzene rings is 2. The largest absolute Gasteiger partial charge is 0.493 e. The molecule has 3 aromatic rings. The van der Waals surface area contributed by atoms with E-state index < -0.39 is 10.0 Å². The van der Waals surface area contributed by atoms with Crippen molar-refractivity contribution in [3.63, 3.8) is 0 Å². The van der Waals surface area contributed by atoms with E-state index >= 15 is 0 Å². The number of hydrogen-bond acceptors (Lipinski definition) is 5. The second-order valence-electron chi connectivity index (χ2n) is 9.95. The number of hydrogen-bond donors (Lipinski definition) is 1. The quantitative estimate of drug-likeness (QED) is 0.372. The van der Waals surface area contributed by atoms with Gasteiger partial charge in [-0.05, 0) is 68.5 Å². The fraction of sp³-hybridized carbons (Fsp3) is 0.423. The summed E-state index contributed by atoms with van der Waals surface area (Å²) in [5, 5.41) is 11.0. The predicted molar refractivity (Wildman–Crippen MR) is 141 cm³/mol. The van der Waals surface area contributed by atoms with Crippen LogP contribution in [-0.2, 0) is 10.0 Å². The van der Waals surface area contributed by atoms with Crippen LogP contribution in [0, 0.1) is 29.6 Å². The lowest BCUT2D eigenvalue weighted by Gasteiger charge is -2.38. The molecule has 1 aromatic heterocycles. The van der Waals surface area contributed by atoms with Gasteiger partial charge in [0.25, 0.3) is 0 Å². The Kier molecular flexibility index (Phi) is 6.63. The number of rotatable bonds is 9. The topological polar surface area (TPSA) is 93.3 Å². The van der Waals surface area contributed by atoms with Crippen LogP contribution in [0.3, 0.4) is 0 Å². The Morgan fingerprint density at radius 1 is 1.19 bits per heavy atom. The van der Waals surface area contributed by atoms with E-state index in [4.69, 9.17) is 32.7 Å². The lowest BCUT2D eigenvalue weighted by atomic mass is 9.70. The number of aromatic nitrogens is 1. The molecule has 3 aliphatic carbocycles. The first-order valence-corrected chi connectivity index (χ1v) is 14.6. The Morgan fingerprint density at radius 2 is 1.97 bits per heavy atom. The molecular formula is C26H27Cl2N3O4S. The van der Waals surface area contributed by atoms with Crippen molar-refractivity contribution in [2.45, 2.75) is 32.2 Å². The van der Waals surface area contributed by atoms with Gasteiger partial charge in [0.1, 0.15) is 18.4 Å². The fourth-order valence-corrected chi connectivity index (χ4v) is 6.98. The second kappa shape index (κ2) is 9.46. The molecule has 3 saturated carbocycles. The van der Waals surface area contributed by atoms with Crippen LogP contribution < -0.4 is 14.2 Å². The molecular weight excluding hydrogens is 521 g/mol. The molecule has 36 heavy (non-hydrogen) atoms. The number of nitrogens with zero attached hydrogens (tertiary/aromatic N) is 2. The van der Waals surface area contributed by atoms with E-state index in [9.17, 15) is 13.7 Å². The third-order valence-corrected chi connectivity index (χ3v) is 8.38. The van der Waals surface area contributed by atoms with Gasteiger partial charge in [-0.3, -0.25) is 0 Å². The molecule has 6 rings (SSSR count). The number of aryl methyl sites for hydroxylation is 1. The van der Waals surface area contributed by atoms with Crippen molar-refractivity contribution in [2.24, 2.45) is 11.3 Å². The molecule has 0 spiro atoms. The average Bonchev–Trinajstić information content (AvgIpc) is 3.42. The summed E-state index contributed by atoms with van der Waals surface area (Å²) in [7, 11) is -3.20. The molecule has 7 nitrogen and oxygen atoms in total. The van der Waals surface area contributed by atoms with Gasteiger partial charge in [-0.15, -0.1) is 11.6 Å². The first kappa shape index (κ1) is 25.2. The highest BCUT2D eigenvalue weighted by Crippen LogP contribution is 2.59. The van der Waals surface area contributed by atoms with E-state index in [1.807, 2.05) is 29.7 Å². The Bertz CT molecular complexity index is 1470. The molecule has 0 unspecified atom stereocenters. The molecule has 190 valence electrons. The molecule has 3 aliphatic rings. The third-order valence-electron chi connectivity index (χ3n) is 7.21. The van der Waals surface area contributed by atoms with Crippen molar-refractivity contribution in [3.8, 4) is 23.3 Å². The highest BCUT2D eigenvalue weighted by Gasteiger charge is 2.56. The zero-order chi connectivity index (χ0) is 25.7. The molecule has 2 bridgehead atoms. The molecule has 2 aromatic carbocycles. The molecule has 1 N–H and O–H groups in total. The maximum absolute atomic E-state index is 11.6. The number of nitriles is 1. The van der Waals surface area contributed by atoms with Crippen LogP contribution in [0.5, 0.6) is 11.5 Å². The molecule has 3 fully saturated rings. The highest BCUT2D eigenvalue weighted by molar-refractivity contribution is 7.88. The van der Waals surface area contributed by atoms with Gasteiger partial charge in [-0.2, -0.15) is 5.26 Å². The van der Waals surface area contributed by atoms with E-state index in [2.05, 4.69) is 16.9 Å². The van der Waals surface area contributed by atoms with Gasteiger partial charge in [0.15, 0.2) is 5.75 Å². The maximum Gasteiger partial charge on any atom is 0.208 e. The van der Waals surface area contributed by atoms with Gasteiger partial charge < -0.3 is 14.0 Å². The number of ether oxygens (including phenoxy) is 2. The van der Waals surface area contributed by atoms with Crippen molar-refractivity contribution in [3.05, 3.63) is 52.7 Å². The summed E-state index contributed by atoms with van der Waals surface area (Å²) < 4.78 is 39.9. The van der Waals surface area contributed by atoms with Gasteiger partial charge in [-0.1, -0.05) is 11.6 Å². The molecule has 0 aliphatic heterocycles. The zero-order valence-electron chi connectivity index (χ0n) is 20.1. The number of nitrogens with one attached hydrogen (secondary N) is 1. The molecule has 0 amide bonds. The Balaban J connectivity index is 1.36. The van der Waals surface area contributed by atoms with E-state index in [-0.39, 0.29) is 18.1 Å². The number of halogens is 2. The van der Waals surface area contributed by atoms with Crippen molar-refractivity contribution in [1.82, 2.24) is 9.29 Å². The van der Waals surface area contributed by atoms with Crippen molar-refractivity contribution in [1.29, 1.82) is 5.26 Å². The first-order chi connectivity index (χ1) is 17.1. The molecule has 1 heterocycles. The Labute approximate surface area is 220 Å². The van der Waals surface area contributed by atoms with E-state index in [1.54, 1.807) is 12.1 Å². The number of fused-ring (bicyclic) bond motifs is 2. The smallest absolute Gasteiger partial charge is 0.208 e. The van der Waals surface area contributed by atoms with Gasteiger partial charge >= 0.3 is 0 Å². The van der Waals surface area contributed by atoms with Crippen LogP contribution in [0.2, 0.25) is 5.02 Å². The van der Waals surface area contributed by atoms with Gasteiger partial charge in [-0.25, -0.2) is 13.1 Å². The lowest BCUT2D eigenvalue weighted by molar-refractivity contribution is 0.0684. The van der Waals surface area contributed by atoms with Crippen molar-refractivity contribution >= 4 is 44.1 Å². The Morgan fingerprint density at radius 3 is 2.67 bits per heavy atom. The van der Waals surface area contributed by atoms with Crippen LogP contribution in [0.15, 0.2) is 36.4 Å². The number of alkyl halides is 1. The Hall–Kier alpha value is -2.44. The van der Waals surface area contributed by atoms with Gasteiger partial charge in [0, 0.05) is 28.2 Å². The zero-order valence-corrected chi connectivity index (χ0v) is 22.4. The summed E-state index contributed by atoms with van der Waals surface area (Å²) in [5.41, 5.74) is 3.12. The van der Waals surface area contributed by atoms with Crippen LogP contribution in [0.25, 0.3) is 16.6 Å². The summed E-state index contributed by atoms with van der Waals surface area (Å²) in [4.78, 5) is 0. The SMILES string of the molecule is Cc1cc2cc(OCC34CC(C3)[C@@H](NS(C)(=O)=O)C4)ccc2n1-c1cc(Cl)c(OCCCl)c(C#N)c1. The average molecular weight is 548 g/mol. The molecule has 0 saturated heterocycles. The predicted octanol–water partition coefficient (Wildman–Crippen LogP) is 5.18. The first-order valence-electron chi connectivity index (χ1n) is 11.8. The second-order valence-corrected chi connectivity index (χ2v) is 12.5. The summed E-state index contributed by atoms with van der Waals surface area (Å²) in [6.07, 6.45) is 4.01. The summed E-state index contributed by atoms with van der Waals surface area (Å²) >= 11 is 12.2. The molecule has 10 heteroatoms. The van der Waals surface area contributed by atoms with E-state index in [1.165, 1.54) is 6.26 Å². The van der Waals surface area contributed by atoms with Gasteiger partial charge in [0.05, 0.1) is 34.8 Å². The summed E-state index contributed by atoms with van der Waals surface area (Å²) in [6.45, 7) is 2.83. The van der Waals surface area contributed by atoms with Gasteiger partial charge in [0.2, 0.25) is 10.0 Å². The number of sulfonamides is 1. The minimum Gasteiger partial charge on any atom is -0.493 e. The minimum absolute atomic E-state index is 0.0135. The standard InChI is InChI=1S/C26H27Cl2N3O4S/c1-16-7-17-9-21(35-15-26-11-19(12-26)23(13-26)30-36(2,32)33)3-4-24(17)31(16)20-8-18(14-29)25(22(28)10-20)34-6-5-27/h3-4,7-10,19,23,30H,5-6,11-13,15H2,1-2H3/t19?,23-,26?/m0/s1.